The molecule has 0 heterocycles. The molecule has 126 valence electrons. The predicted octanol–water partition coefficient (Wildman–Crippen LogP) is 5.31. The van der Waals surface area contributed by atoms with E-state index in [4.69, 9.17) is 0 Å². The van der Waals surface area contributed by atoms with Gasteiger partial charge in [-0.05, 0) is 77.8 Å². The van der Waals surface area contributed by atoms with E-state index in [2.05, 4.69) is 24.3 Å². The Morgan fingerprint density at radius 1 is 0.960 bits per heavy atom. The van der Waals surface area contributed by atoms with Crippen LogP contribution in [0.5, 0.6) is 5.75 Å². The zero-order valence-electron chi connectivity index (χ0n) is 14.3. The average molecular weight is 332 g/mol. The third kappa shape index (κ3) is 2.93. The van der Waals surface area contributed by atoms with E-state index in [0.29, 0.717) is 0 Å². The Bertz CT molecular complexity index is 929. The van der Waals surface area contributed by atoms with Crippen LogP contribution in [0.3, 0.4) is 0 Å². The van der Waals surface area contributed by atoms with Gasteiger partial charge in [0.15, 0.2) is 0 Å². The third-order valence-corrected chi connectivity index (χ3v) is 5.37. The Balaban J connectivity index is 1.87. The van der Waals surface area contributed by atoms with Crippen LogP contribution in [0, 0.1) is 12.7 Å². The molecule has 0 amide bonds. The van der Waals surface area contributed by atoms with Crippen molar-refractivity contribution in [3.63, 3.8) is 0 Å². The summed E-state index contributed by atoms with van der Waals surface area (Å²) in [6.45, 7) is 1.88. The highest BCUT2D eigenvalue weighted by molar-refractivity contribution is 5.49. The van der Waals surface area contributed by atoms with Crippen LogP contribution in [0.1, 0.15) is 39.3 Å². The lowest BCUT2D eigenvalue weighted by Crippen LogP contribution is -2.09. The van der Waals surface area contributed by atoms with Gasteiger partial charge in [-0.1, -0.05) is 42.5 Å². The van der Waals surface area contributed by atoms with E-state index in [1.807, 2.05) is 31.2 Å². The Morgan fingerprint density at radius 3 is 2.64 bits per heavy atom. The fraction of sp³-hybridized carbons (Fsp3) is 0.217. The van der Waals surface area contributed by atoms with E-state index in [-0.39, 0.29) is 17.5 Å². The van der Waals surface area contributed by atoms with Gasteiger partial charge < -0.3 is 5.11 Å². The summed E-state index contributed by atoms with van der Waals surface area (Å²) in [4.78, 5) is 0. The van der Waals surface area contributed by atoms with Gasteiger partial charge in [0.1, 0.15) is 11.6 Å². The predicted molar refractivity (Wildman–Crippen MR) is 98.6 cm³/mol. The lowest BCUT2D eigenvalue weighted by atomic mass is 9.82. The van der Waals surface area contributed by atoms with Crippen LogP contribution in [-0.4, -0.2) is 5.11 Å². The summed E-state index contributed by atoms with van der Waals surface area (Å²) in [6.07, 6.45) is 2.60. The molecule has 2 heteroatoms. The van der Waals surface area contributed by atoms with E-state index >= 15 is 0 Å². The Labute approximate surface area is 147 Å². The van der Waals surface area contributed by atoms with Gasteiger partial charge in [0.05, 0.1) is 0 Å². The number of fused-ring (bicyclic) bond motifs is 2. The van der Waals surface area contributed by atoms with E-state index in [1.54, 1.807) is 12.1 Å². The number of rotatable bonds is 2. The van der Waals surface area contributed by atoms with Gasteiger partial charge in [0, 0.05) is 5.92 Å². The molecule has 0 aliphatic heterocycles. The van der Waals surface area contributed by atoms with E-state index in [1.165, 1.54) is 16.7 Å². The fourth-order valence-corrected chi connectivity index (χ4v) is 4.08. The van der Waals surface area contributed by atoms with Crippen molar-refractivity contribution in [3.8, 4) is 5.75 Å². The second-order valence-electron chi connectivity index (χ2n) is 6.87. The Hall–Kier alpha value is -2.61. The first-order chi connectivity index (χ1) is 12.1. The summed E-state index contributed by atoms with van der Waals surface area (Å²) >= 11 is 0. The smallest absolute Gasteiger partial charge is 0.126 e. The molecule has 0 saturated heterocycles. The summed E-state index contributed by atoms with van der Waals surface area (Å²) < 4.78 is 14.1. The maximum Gasteiger partial charge on any atom is 0.126 e. The molecule has 3 aromatic carbocycles. The van der Waals surface area contributed by atoms with Crippen LogP contribution in [0.2, 0.25) is 0 Å². The second-order valence-corrected chi connectivity index (χ2v) is 6.87. The average Bonchev–Trinajstić information content (AvgIpc) is 2.76. The fourth-order valence-electron chi connectivity index (χ4n) is 4.08. The lowest BCUT2D eigenvalue weighted by molar-refractivity contribution is 0.474. The Morgan fingerprint density at radius 2 is 1.80 bits per heavy atom. The SMILES string of the molecule is Cc1c(F)ccc2c1CCc1ccccc1[C@H]2Cc1cccc(O)c1. The molecule has 1 aliphatic carbocycles. The number of hydrogen-bond acceptors (Lipinski definition) is 1. The normalized spacial score (nSPS) is 16.0. The van der Waals surface area contributed by atoms with Gasteiger partial charge >= 0.3 is 0 Å². The minimum Gasteiger partial charge on any atom is -0.508 e. The molecule has 0 aromatic heterocycles. The number of halogens is 1. The topological polar surface area (TPSA) is 20.2 Å². The summed E-state index contributed by atoms with van der Waals surface area (Å²) in [5, 5.41) is 9.82. The number of aryl methyl sites for hydroxylation is 1. The molecule has 1 N–H and O–H groups in total. The van der Waals surface area contributed by atoms with Crippen LogP contribution >= 0.6 is 0 Å². The quantitative estimate of drug-likeness (QED) is 0.674. The second kappa shape index (κ2) is 6.36. The highest BCUT2D eigenvalue weighted by Gasteiger charge is 2.25. The summed E-state index contributed by atoms with van der Waals surface area (Å²) in [5.74, 6) is 0.338. The van der Waals surface area contributed by atoms with Crippen LogP contribution in [0.15, 0.2) is 60.7 Å². The number of aromatic hydroxyl groups is 1. The summed E-state index contributed by atoms with van der Waals surface area (Å²) in [5.41, 5.74) is 6.87. The molecule has 0 radical (unpaired) electrons. The van der Waals surface area contributed by atoms with E-state index < -0.39 is 0 Å². The van der Waals surface area contributed by atoms with Crippen molar-refractivity contribution in [1.82, 2.24) is 0 Å². The van der Waals surface area contributed by atoms with Crippen molar-refractivity contribution in [3.05, 3.63) is 99.9 Å². The van der Waals surface area contributed by atoms with Gasteiger partial charge in [-0.25, -0.2) is 4.39 Å². The molecule has 25 heavy (non-hydrogen) atoms. The van der Waals surface area contributed by atoms with E-state index in [0.717, 1.165) is 36.0 Å². The first-order valence-corrected chi connectivity index (χ1v) is 8.77. The van der Waals surface area contributed by atoms with Crippen molar-refractivity contribution in [2.24, 2.45) is 0 Å². The van der Waals surface area contributed by atoms with Crippen molar-refractivity contribution in [1.29, 1.82) is 0 Å². The van der Waals surface area contributed by atoms with E-state index in [9.17, 15) is 9.50 Å². The van der Waals surface area contributed by atoms with Crippen LogP contribution in [0.25, 0.3) is 0 Å². The first kappa shape index (κ1) is 15.9. The van der Waals surface area contributed by atoms with Crippen molar-refractivity contribution < 1.29 is 9.50 Å². The molecular weight excluding hydrogens is 311 g/mol. The molecule has 1 atom stereocenters. The van der Waals surface area contributed by atoms with Crippen LogP contribution < -0.4 is 0 Å². The zero-order chi connectivity index (χ0) is 17.4. The zero-order valence-corrected chi connectivity index (χ0v) is 14.3. The molecule has 0 fully saturated rings. The summed E-state index contributed by atoms with van der Waals surface area (Å²) in [7, 11) is 0. The van der Waals surface area contributed by atoms with Crippen LogP contribution in [-0.2, 0) is 19.3 Å². The minimum absolute atomic E-state index is 0.124. The van der Waals surface area contributed by atoms with Gasteiger partial charge in [-0.3, -0.25) is 0 Å². The lowest BCUT2D eigenvalue weighted by Gasteiger charge is -2.22. The number of phenolic OH excluding ortho intramolecular Hbond substituents is 1. The van der Waals surface area contributed by atoms with Crippen LogP contribution in [0.4, 0.5) is 4.39 Å². The molecule has 3 aromatic rings. The molecule has 0 unspecified atom stereocenters. The van der Waals surface area contributed by atoms with Crippen molar-refractivity contribution in [2.45, 2.75) is 32.1 Å². The molecule has 0 spiro atoms. The first-order valence-electron chi connectivity index (χ1n) is 8.77. The molecule has 0 saturated carbocycles. The molecular formula is C23H21FO. The van der Waals surface area contributed by atoms with Gasteiger partial charge in [-0.2, -0.15) is 0 Å². The van der Waals surface area contributed by atoms with Gasteiger partial charge in [0.25, 0.3) is 0 Å². The molecule has 4 rings (SSSR count). The largest absolute Gasteiger partial charge is 0.508 e. The maximum absolute atomic E-state index is 14.1. The monoisotopic (exact) mass is 332 g/mol. The van der Waals surface area contributed by atoms with Gasteiger partial charge in [0.2, 0.25) is 0 Å². The highest BCUT2D eigenvalue weighted by Crippen LogP contribution is 2.38. The molecule has 1 nitrogen and oxygen atoms in total. The highest BCUT2D eigenvalue weighted by atomic mass is 19.1. The van der Waals surface area contributed by atoms with Crippen molar-refractivity contribution in [2.75, 3.05) is 0 Å². The Kier molecular flexibility index (Phi) is 4.04. The summed E-state index contributed by atoms with van der Waals surface area (Å²) in [6, 6.07) is 19.5. The number of phenols is 1. The van der Waals surface area contributed by atoms with Gasteiger partial charge in [-0.15, -0.1) is 0 Å². The molecule has 1 aliphatic rings. The van der Waals surface area contributed by atoms with Crippen molar-refractivity contribution >= 4 is 0 Å². The molecule has 0 bridgehead atoms. The maximum atomic E-state index is 14.1. The standard InChI is InChI=1S/C23H21FO/c1-15-19-10-9-17-6-2-3-8-20(17)22(21(19)11-12-23(15)24)14-16-5-4-7-18(25)13-16/h2-8,11-13,22,25H,9-10,14H2,1H3/t22-/m1/s1. The third-order valence-electron chi connectivity index (χ3n) is 5.37. The number of benzene rings is 3. The minimum atomic E-state index is -0.124. The number of hydrogen-bond donors (Lipinski definition) is 1.